The van der Waals surface area contributed by atoms with Gasteiger partial charge in [-0.1, -0.05) is 11.6 Å². The van der Waals surface area contributed by atoms with Gasteiger partial charge in [0.25, 0.3) is 0 Å². The minimum Gasteiger partial charge on any atom is -0.480 e. The molecule has 0 aliphatic carbocycles. The Balaban J connectivity index is 2.01. The van der Waals surface area contributed by atoms with E-state index in [9.17, 15) is 19.1 Å². The highest BCUT2D eigenvalue weighted by atomic mass is 35.5. The summed E-state index contributed by atoms with van der Waals surface area (Å²) in [6, 6.07) is 3.88. The number of nitrogens with zero attached hydrogens (tertiary/aromatic N) is 1. The highest BCUT2D eigenvalue weighted by Gasteiger charge is 2.43. The fraction of sp³-hybridized carbons (Fsp3) is 0.429. The van der Waals surface area contributed by atoms with Gasteiger partial charge in [0.15, 0.2) is 0 Å². The highest BCUT2D eigenvalue weighted by molar-refractivity contribution is 6.31. The van der Waals surface area contributed by atoms with Crippen molar-refractivity contribution < 1.29 is 19.1 Å². The molecule has 1 atom stereocenters. The lowest BCUT2D eigenvalue weighted by Crippen LogP contribution is -2.50. The third-order valence-electron chi connectivity index (χ3n) is 3.79. The first-order valence-corrected chi connectivity index (χ1v) is 6.94. The number of likely N-dealkylation sites (tertiary alicyclic amines) is 1. The molecule has 2 N–H and O–H groups in total. The number of carbonyl (C=O) groups is 2. The van der Waals surface area contributed by atoms with E-state index >= 15 is 0 Å². The summed E-state index contributed by atoms with van der Waals surface area (Å²) in [6.07, 6.45) is 1.25. The average Bonchev–Trinajstić information content (AvgIpc) is 2.77. The maximum absolute atomic E-state index is 13.0. The molecule has 1 aliphatic rings. The maximum atomic E-state index is 13.0. The molecule has 1 heterocycles. The van der Waals surface area contributed by atoms with E-state index < -0.39 is 17.3 Å². The normalized spacial score (nSPS) is 22.2. The summed E-state index contributed by atoms with van der Waals surface area (Å²) in [5.41, 5.74) is -0.639. The third-order valence-corrected chi connectivity index (χ3v) is 4.08. The number of nitrogens with one attached hydrogen (secondary N) is 1. The summed E-state index contributed by atoms with van der Waals surface area (Å²) in [7, 11) is 0. The lowest BCUT2D eigenvalue weighted by molar-refractivity contribution is -0.149. The van der Waals surface area contributed by atoms with E-state index in [2.05, 4.69) is 5.32 Å². The van der Waals surface area contributed by atoms with Crippen LogP contribution in [0.3, 0.4) is 0 Å². The minimum atomic E-state index is -1.02. The molecule has 114 valence electrons. The van der Waals surface area contributed by atoms with Crippen molar-refractivity contribution in [2.75, 3.05) is 18.4 Å². The summed E-state index contributed by atoms with van der Waals surface area (Å²) >= 11 is 5.64. The van der Waals surface area contributed by atoms with Crippen molar-refractivity contribution in [3.05, 3.63) is 29.0 Å². The molecule has 0 spiro atoms. The number of carbonyl (C=O) groups excluding carboxylic acids is 1. The Bertz CT molecular complexity index is 581. The van der Waals surface area contributed by atoms with Crippen molar-refractivity contribution in [2.24, 2.45) is 0 Å². The van der Waals surface area contributed by atoms with Gasteiger partial charge in [-0.15, -0.1) is 0 Å². The summed E-state index contributed by atoms with van der Waals surface area (Å²) in [4.78, 5) is 25.0. The maximum Gasteiger partial charge on any atom is 0.323 e. The van der Waals surface area contributed by atoms with Crippen LogP contribution < -0.4 is 5.32 Å². The van der Waals surface area contributed by atoms with Crippen molar-refractivity contribution in [1.82, 2.24) is 4.90 Å². The predicted octanol–water partition coefficient (Wildman–Crippen LogP) is 2.36. The van der Waals surface area contributed by atoms with E-state index in [1.54, 1.807) is 11.8 Å². The number of benzene rings is 1. The topological polar surface area (TPSA) is 69.6 Å². The zero-order valence-electron chi connectivity index (χ0n) is 11.5. The van der Waals surface area contributed by atoms with Crippen LogP contribution >= 0.6 is 11.6 Å². The lowest BCUT2D eigenvalue weighted by atomic mass is 9.99. The van der Waals surface area contributed by atoms with E-state index in [-0.39, 0.29) is 17.5 Å². The quantitative estimate of drug-likeness (QED) is 0.895. The van der Waals surface area contributed by atoms with Gasteiger partial charge >= 0.3 is 5.97 Å². The van der Waals surface area contributed by atoms with Gasteiger partial charge in [0.05, 0.1) is 11.6 Å². The van der Waals surface area contributed by atoms with Crippen molar-refractivity contribution >= 4 is 29.2 Å². The third kappa shape index (κ3) is 3.33. The molecule has 0 bridgehead atoms. The van der Waals surface area contributed by atoms with Gasteiger partial charge in [-0.25, -0.2) is 4.39 Å². The first kappa shape index (κ1) is 15.7. The molecular formula is C14H16ClFN2O3. The summed E-state index contributed by atoms with van der Waals surface area (Å²) < 4.78 is 13.0. The number of hydrogen-bond acceptors (Lipinski definition) is 3. The van der Waals surface area contributed by atoms with E-state index in [0.717, 1.165) is 12.5 Å². The SMILES string of the molecule is CC1(C(=O)O)CCCN1CC(=O)Nc1ccc(F)c(Cl)c1. The van der Waals surface area contributed by atoms with Crippen molar-refractivity contribution in [1.29, 1.82) is 0 Å². The van der Waals surface area contributed by atoms with Crippen molar-refractivity contribution in [3.63, 3.8) is 0 Å². The van der Waals surface area contributed by atoms with E-state index in [0.29, 0.717) is 18.7 Å². The molecule has 1 unspecified atom stereocenters. The number of carboxylic acid groups (broad SMARTS) is 1. The van der Waals surface area contributed by atoms with E-state index in [1.165, 1.54) is 12.1 Å². The smallest absolute Gasteiger partial charge is 0.323 e. The van der Waals surface area contributed by atoms with Crippen LogP contribution in [0.4, 0.5) is 10.1 Å². The molecule has 0 aromatic heterocycles. The lowest BCUT2D eigenvalue weighted by Gasteiger charge is -2.30. The van der Waals surface area contributed by atoms with Gasteiger partial charge in [0.2, 0.25) is 5.91 Å². The fourth-order valence-corrected chi connectivity index (χ4v) is 2.64. The zero-order valence-corrected chi connectivity index (χ0v) is 12.3. The Hall–Kier alpha value is -1.66. The van der Waals surface area contributed by atoms with Crippen molar-refractivity contribution in [3.8, 4) is 0 Å². The summed E-state index contributed by atoms with van der Waals surface area (Å²) in [5, 5.41) is 11.8. The number of rotatable bonds is 4. The zero-order chi connectivity index (χ0) is 15.6. The number of aliphatic carboxylic acids is 1. The standard InChI is InChI=1S/C14H16ClFN2O3/c1-14(13(20)21)5-2-6-18(14)8-12(19)17-9-3-4-11(16)10(15)7-9/h3-4,7H,2,5-6,8H2,1H3,(H,17,19)(H,20,21). The second-order valence-electron chi connectivity index (χ2n) is 5.28. The molecular weight excluding hydrogens is 299 g/mol. The van der Waals surface area contributed by atoms with Gasteiger partial charge in [0, 0.05) is 5.69 Å². The van der Waals surface area contributed by atoms with Gasteiger partial charge in [-0.05, 0) is 44.5 Å². The molecule has 21 heavy (non-hydrogen) atoms. The van der Waals surface area contributed by atoms with Crippen LogP contribution in [-0.4, -0.2) is 40.5 Å². The fourth-order valence-electron chi connectivity index (χ4n) is 2.46. The van der Waals surface area contributed by atoms with Gasteiger partial charge in [0.1, 0.15) is 11.4 Å². The first-order chi connectivity index (χ1) is 9.83. The van der Waals surface area contributed by atoms with Crippen LogP contribution in [0.2, 0.25) is 5.02 Å². The highest BCUT2D eigenvalue weighted by Crippen LogP contribution is 2.29. The number of anilines is 1. The number of carboxylic acids is 1. The molecule has 1 saturated heterocycles. The molecule has 0 saturated carbocycles. The Labute approximate surface area is 126 Å². The molecule has 1 fully saturated rings. The van der Waals surface area contributed by atoms with Crippen LogP contribution in [-0.2, 0) is 9.59 Å². The van der Waals surface area contributed by atoms with E-state index in [1.807, 2.05) is 0 Å². The Morgan fingerprint density at radius 2 is 2.24 bits per heavy atom. The molecule has 2 rings (SSSR count). The molecule has 1 amide bonds. The largest absolute Gasteiger partial charge is 0.480 e. The molecule has 1 aromatic carbocycles. The van der Waals surface area contributed by atoms with E-state index in [4.69, 9.17) is 11.6 Å². The van der Waals surface area contributed by atoms with Crippen LogP contribution in [0.25, 0.3) is 0 Å². The number of hydrogen-bond donors (Lipinski definition) is 2. The molecule has 1 aromatic rings. The number of halogens is 2. The second kappa shape index (κ2) is 5.99. The predicted molar refractivity (Wildman–Crippen MR) is 76.9 cm³/mol. The minimum absolute atomic E-state index is 0.0300. The Kier molecular flexibility index (Phi) is 4.49. The van der Waals surface area contributed by atoms with Crippen LogP contribution in [0.15, 0.2) is 18.2 Å². The van der Waals surface area contributed by atoms with Crippen molar-refractivity contribution in [2.45, 2.75) is 25.3 Å². The van der Waals surface area contributed by atoms with Gasteiger partial charge in [-0.2, -0.15) is 0 Å². The van der Waals surface area contributed by atoms with Crippen LogP contribution in [0.1, 0.15) is 19.8 Å². The van der Waals surface area contributed by atoms with Gasteiger partial charge in [-0.3, -0.25) is 14.5 Å². The Morgan fingerprint density at radius 3 is 2.86 bits per heavy atom. The van der Waals surface area contributed by atoms with Crippen LogP contribution in [0, 0.1) is 5.82 Å². The summed E-state index contributed by atoms with van der Waals surface area (Å²) in [5.74, 6) is -1.85. The van der Waals surface area contributed by atoms with Gasteiger partial charge < -0.3 is 10.4 Å². The average molecular weight is 315 g/mol. The monoisotopic (exact) mass is 314 g/mol. The second-order valence-corrected chi connectivity index (χ2v) is 5.69. The molecule has 7 heteroatoms. The molecule has 0 radical (unpaired) electrons. The summed E-state index contributed by atoms with van der Waals surface area (Å²) in [6.45, 7) is 2.14. The number of amides is 1. The van der Waals surface area contributed by atoms with Crippen LogP contribution in [0.5, 0.6) is 0 Å². The molecule has 1 aliphatic heterocycles. The molecule has 5 nitrogen and oxygen atoms in total. The first-order valence-electron chi connectivity index (χ1n) is 6.56. The Morgan fingerprint density at radius 1 is 1.52 bits per heavy atom.